The summed E-state index contributed by atoms with van der Waals surface area (Å²) in [5.74, 6) is 1.64. The second-order valence-corrected chi connectivity index (χ2v) is 7.49. The molecule has 0 unspecified atom stereocenters. The Morgan fingerprint density at radius 3 is 2.69 bits per heavy atom. The molecule has 1 saturated heterocycles. The lowest BCUT2D eigenvalue weighted by Crippen LogP contribution is -2.36. The fourth-order valence-corrected chi connectivity index (χ4v) is 4.72. The van der Waals surface area contributed by atoms with Gasteiger partial charge in [-0.2, -0.15) is 5.26 Å². The summed E-state index contributed by atoms with van der Waals surface area (Å²) in [6, 6.07) is 10.6. The van der Waals surface area contributed by atoms with Gasteiger partial charge in [0.1, 0.15) is 11.9 Å². The van der Waals surface area contributed by atoms with Gasteiger partial charge in [-0.1, -0.05) is 12.1 Å². The molecule has 5 rings (SSSR count). The Morgan fingerprint density at radius 2 is 1.92 bits per heavy atom. The summed E-state index contributed by atoms with van der Waals surface area (Å²) in [6.45, 7) is 2.18. The van der Waals surface area contributed by atoms with Crippen LogP contribution in [0.4, 0.5) is 5.82 Å². The van der Waals surface area contributed by atoms with Crippen molar-refractivity contribution in [1.82, 2.24) is 9.38 Å². The first kappa shape index (κ1) is 15.7. The Labute approximate surface area is 152 Å². The molecule has 0 bridgehead atoms. The van der Waals surface area contributed by atoms with Crippen LogP contribution in [0.3, 0.4) is 0 Å². The zero-order valence-electron chi connectivity index (χ0n) is 14.8. The van der Waals surface area contributed by atoms with E-state index in [-0.39, 0.29) is 6.61 Å². The van der Waals surface area contributed by atoms with Crippen molar-refractivity contribution in [3.8, 4) is 6.07 Å². The van der Waals surface area contributed by atoms with E-state index < -0.39 is 0 Å². The Bertz CT molecular complexity index is 1040. The maximum atomic E-state index is 9.85. The van der Waals surface area contributed by atoms with Crippen LogP contribution in [0.1, 0.15) is 36.0 Å². The molecule has 0 spiro atoms. The van der Waals surface area contributed by atoms with Gasteiger partial charge in [-0.25, -0.2) is 4.98 Å². The smallest absolute Gasteiger partial charge is 0.157 e. The van der Waals surface area contributed by atoms with E-state index in [9.17, 15) is 10.4 Å². The van der Waals surface area contributed by atoms with Gasteiger partial charge in [0.25, 0.3) is 0 Å². The lowest BCUT2D eigenvalue weighted by Gasteiger charge is -2.34. The molecule has 0 saturated carbocycles. The van der Waals surface area contributed by atoms with Gasteiger partial charge in [0.15, 0.2) is 5.65 Å². The lowest BCUT2D eigenvalue weighted by molar-refractivity contribution is 0.202. The predicted octanol–water partition coefficient (Wildman–Crippen LogP) is 3.06. The largest absolute Gasteiger partial charge is 0.396 e. The number of hydrogen-bond donors (Lipinski definition) is 1. The Balaban J connectivity index is 1.80. The van der Waals surface area contributed by atoms with Crippen molar-refractivity contribution >= 4 is 22.5 Å². The number of imidazole rings is 1. The van der Waals surface area contributed by atoms with Crippen molar-refractivity contribution in [1.29, 1.82) is 5.26 Å². The number of nitrogens with zero attached hydrogens (tertiary/aromatic N) is 4. The van der Waals surface area contributed by atoms with Crippen molar-refractivity contribution in [3.05, 3.63) is 41.0 Å². The van der Waals surface area contributed by atoms with Crippen LogP contribution in [0.2, 0.25) is 0 Å². The summed E-state index contributed by atoms with van der Waals surface area (Å²) in [4.78, 5) is 7.28. The fourth-order valence-electron chi connectivity index (χ4n) is 4.72. The highest BCUT2D eigenvalue weighted by Crippen LogP contribution is 2.39. The van der Waals surface area contributed by atoms with Crippen LogP contribution in [-0.4, -0.2) is 34.2 Å². The number of fused-ring (bicyclic) bond motifs is 4. The summed E-state index contributed by atoms with van der Waals surface area (Å²) < 4.78 is 2.22. The molecule has 0 atom stereocenters. The normalized spacial score (nSPS) is 17.8. The van der Waals surface area contributed by atoms with Crippen molar-refractivity contribution in [2.45, 2.75) is 32.1 Å². The van der Waals surface area contributed by atoms with Crippen molar-refractivity contribution in [2.75, 3.05) is 24.6 Å². The summed E-state index contributed by atoms with van der Waals surface area (Å²) in [5, 5.41) is 19.3. The molecule has 0 radical (unpaired) electrons. The molecule has 1 aromatic carbocycles. The van der Waals surface area contributed by atoms with E-state index in [2.05, 4.69) is 21.4 Å². The molecule has 1 aliphatic carbocycles. The third kappa shape index (κ3) is 2.15. The zero-order valence-corrected chi connectivity index (χ0v) is 14.8. The van der Waals surface area contributed by atoms with E-state index in [0.717, 1.165) is 67.4 Å². The minimum absolute atomic E-state index is 0.280. The number of aromatic nitrogens is 2. The first-order chi connectivity index (χ1) is 12.8. The number of para-hydroxylation sites is 2. The fraction of sp³-hybridized carbons (Fsp3) is 0.429. The molecular weight excluding hydrogens is 324 g/mol. The SMILES string of the molecule is N#Cc1c2c(c(N3CCC(CO)CC3)n3c1nc1ccccc13)CCC2. The molecular formula is C21H22N4O. The van der Waals surface area contributed by atoms with Gasteiger partial charge >= 0.3 is 0 Å². The first-order valence-corrected chi connectivity index (χ1v) is 9.52. The maximum Gasteiger partial charge on any atom is 0.157 e. The molecule has 1 N–H and O–H groups in total. The maximum absolute atomic E-state index is 9.85. The lowest BCUT2D eigenvalue weighted by atomic mass is 9.97. The van der Waals surface area contributed by atoms with E-state index in [1.54, 1.807) is 0 Å². The van der Waals surface area contributed by atoms with E-state index in [1.807, 2.05) is 18.2 Å². The minimum Gasteiger partial charge on any atom is -0.396 e. The summed E-state index contributed by atoms with van der Waals surface area (Å²) in [5.41, 5.74) is 6.11. The number of benzene rings is 1. The standard InChI is InChI=1S/C21H22N4O/c22-12-17-15-4-3-5-16(15)21(24-10-8-14(13-26)9-11-24)25-19-7-2-1-6-18(19)23-20(17)25/h1-2,6-7,14,26H,3-5,8-11,13H2. The van der Waals surface area contributed by atoms with Crippen LogP contribution < -0.4 is 4.90 Å². The van der Waals surface area contributed by atoms with Crippen LogP contribution >= 0.6 is 0 Å². The third-order valence-electron chi connectivity index (χ3n) is 6.07. The molecule has 1 aliphatic heterocycles. The number of aliphatic hydroxyl groups excluding tert-OH is 1. The average molecular weight is 346 g/mol. The van der Waals surface area contributed by atoms with Crippen LogP contribution in [0.5, 0.6) is 0 Å². The van der Waals surface area contributed by atoms with Crippen molar-refractivity contribution in [3.63, 3.8) is 0 Å². The Kier molecular flexibility index (Phi) is 3.61. The first-order valence-electron chi connectivity index (χ1n) is 9.52. The molecule has 3 aromatic rings. The molecule has 5 nitrogen and oxygen atoms in total. The molecule has 132 valence electrons. The number of pyridine rings is 1. The van der Waals surface area contributed by atoms with Gasteiger partial charge in [0.2, 0.25) is 0 Å². The monoisotopic (exact) mass is 346 g/mol. The van der Waals surface area contributed by atoms with Gasteiger partial charge in [-0.3, -0.25) is 4.40 Å². The molecule has 5 heteroatoms. The Morgan fingerprint density at radius 1 is 1.15 bits per heavy atom. The summed E-state index contributed by atoms with van der Waals surface area (Å²) in [7, 11) is 0. The second-order valence-electron chi connectivity index (χ2n) is 7.49. The van der Waals surface area contributed by atoms with Gasteiger partial charge in [-0.15, -0.1) is 0 Å². The van der Waals surface area contributed by atoms with E-state index in [4.69, 9.17) is 4.98 Å². The van der Waals surface area contributed by atoms with Gasteiger partial charge in [0, 0.05) is 19.7 Å². The number of piperidine rings is 1. The molecule has 3 heterocycles. The second kappa shape index (κ2) is 6.00. The minimum atomic E-state index is 0.280. The van der Waals surface area contributed by atoms with Gasteiger partial charge in [0.05, 0.1) is 16.6 Å². The highest BCUT2D eigenvalue weighted by atomic mass is 16.3. The molecule has 0 amide bonds. The molecule has 1 fully saturated rings. The topological polar surface area (TPSA) is 64.6 Å². The highest BCUT2D eigenvalue weighted by molar-refractivity contribution is 5.86. The van der Waals surface area contributed by atoms with E-state index in [0.29, 0.717) is 5.92 Å². The number of anilines is 1. The number of rotatable bonds is 2. The average Bonchev–Trinajstić information content (AvgIpc) is 3.31. The molecule has 2 aromatic heterocycles. The number of aliphatic hydroxyl groups is 1. The van der Waals surface area contributed by atoms with E-state index in [1.165, 1.54) is 16.9 Å². The van der Waals surface area contributed by atoms with E-state index >= 15 is 0 Å². The van der Waals surface area contributed by atoms with Crippen molar-refractivity contribution < 1.29 is 5.11 Å². The van der Waals surface area contributed by atoms with Crippen LogP contribution in [0.15, 0.2) is 24.3 Å². The van der Waals surface area contributed by atoms with Gasteiger partial charge < -0.3 is 10.0 Å². The Hall–Kier alpha value is -2.58. The van der Waals surface area contributed by atoms with Crippen molar-refractivity contribution in [2.24, 2.45) is 5.92 Å². The third-order valence-corrected chi connectivity index (χ3v) is 6.07. The number of nitriles is 1. The number of hydrogen-bond acceptors (Lipinski definition) is 4. The quantitative estimate of drug-likeness (QED) is 0.774. The predicted molar refractivity (Wildman–Crippen MR) is 101 cm³/mol. The van der Waals surface area contributed by atoms with Crippen LogP contribution in [0, 0.1) is 17.2 Å². The zero-order chi connectivity index (χ0) is 17.7. The van der Waals surface area contributed by atoms with Crippen LogP contribution in [0.25, 0.3) is 16.7 Å². The highest BCUT2D eigenvalue weighted by Gasteiger charge is 2.30. The molecule has 26 heavy (non-hydrogen) atoms. The summed E-state index contributed by atoms with van der Waals surface area (Å²) >= 11 is 0. The molecule has 2 aliphatic rings. The van der Waals surface area contributed by atoms with Crippen LogP contribution in [-0.2, 0) is 12.8 Å². The summed E-state index contributed by atoms with van der Waals surface area (Å²) in [6.07, 6.45) is 5.13. The van der Waals surface area contributed by atoms with Gasteiger partial charge in [-0.05, 0) is 61.3 Å².